The molecule has 0 unspecified atom stereocenters. The third kappa shape index (κ3) is 3.09. The van der Waals surface area contributed by atoms with Crippen LogP contribution in [0, 0.1) is 0 Å². The highest BCUT2D eigenvalue weighted by molar-refractivity contribution is 9.10. The molecule has 0 saturated heterocycles. The minimum Gasteiger partial charge on any atom is -0.493 e. The Morgan fingerprint density at radius 2 is 2.00 bits per heavy atom. The summed E-state index contributed by atoms with van der Waals surface area (Å²) < 4.78 is 11.1. The summed E-state index contributed by atoms with van der Waals surface area (Å²) in [5.74, 6) is 1.08. The van der Waals surface area contributed by atoms with E-state index in [9.17, 15) is 0 Å². The Balaban J connectivity index is 2.98. The zero-order chi connectivity index (χ0) is 11.3. The van der Waals surface area contributed by atoms with E-state index in [1.165, 1.54) is 7.11 Å². The molecule has 0 aliphatic heterocycles. The van der Waals surface area contributed by atoms with E-state index in [2.05, 4.69) is 15.9 Å². The first-order chi connectivity index (χ1) is 7.22. The minimum absolute atomic E-state index is 0.0531. The van der Waals surface area contributed by atoms with Crippen LogP contribution in [0.2, 0.25) is 0 Å². The van der Waals surface area contributed by atoms with E-state index < -0.39 is 0 Å². The second kappa shape index (κ2) is 5.95. The van der Waals surface area contributed by atoms with Crippen molar-refractivity contribution in [3.63, 3.8) is 0 Å². The molecule has 0 radical (unpaired) electrons. The van der Waals surface area contributed by atoms with Gasteiger partial charge in [0.05, 0.1) is 20.3 Å². The molecule has 0 fully saturated rings. The monoisotopic (exact) mass is 276 g/mol. The molecule has 4 nitrogen and oxygen atoms in total. The SMILES string of the molecule is COc1cc(CO)c(Br)cc1OCCO. The van der Waals surface area contributed by atoms with Crippen LogP contribution in [0.1, 0.15) is 5.56 Å². The first-order valence-corrected chi connectivity index (χ1v) is 5.23. The van der Waals surface area contributed by atoms with Crippen molar-refractivity contribution in [2.24, 2.45) is 0 Å². The lowest BCUT2D eigenvalue weighted by Gasteiger charge is -2.12. The second-order valence-electron chi connectivity index (χ2n) is 2.82. The van der Waals surface area contributed by atoms with Crippen LogP contribution in [0.4, 0.5) is 0 Å². The highest BCUT2D eigenvalue weighted by Gasteiger charge is 2.09. The van der Waals surface area contributed by atoms with E-state index in [4.69, 9.17) is 19.7 Å². The summed E-state index contributed by atoms with van der Waals surface area (Å²) in [6.07, 6.45) is 0. The van der Waals surface area contributed by atoms with Crippen LogP contribution >= 0.6 is 15.9 Å². The lowest BCUT2D eigenvalue weighted by Crippen LogP contribution is -2.03. The van der Waals surface area contributed by atoms with Gasteiger partial charge in [0.15, 0.2) is 11.5 Å². The van der Waals surface area contributed by atoms with Gasteiger partial charge >= 0.3 is 0 Å². The molecule has 5 heteroatoms. The Morgan fingerprint density at radius 3 is 2.53 bits per heavy atom. The lowest BCUT2D eigenvalue weighted by atomic mass is 10.2. The smallest absolute Gasteiger partial charge is 0.162 e. The number of hydrogen-bond acceptors (Lipinski definition) is 4. The Labute approximate surface area is 96.6 Å². The van der Waals surface area contributed by atoms with Crippen LogP contribution in [0.5, 0.6) is 11.5 Å². The van der Waals surface area contributed by atoms with Gasteiger partial charge in [-0.05, 0) is 17.7 Å². The van der Waals surface area contributed by atoms with Gasteiger partial charge in [0.1, 0.15) is 6.61 Å². The molecule has 0 bridgehead atoms. The van der Waals surface area contributed by atoms with Gasteiger partial charge in [0.25, 0.3) is 0 Å². The Kier molecular flexibility index (Phi) is 4.87. The van der Waals surface area contributed by atoms with E-state index in [1.807, 2.05) is 0 Å². The molecule has 1 aromatic carbocycles. The topological polar surface area (TPSA) is 58.9 Å². The first-order valence-electron chi connectivity index (χ1n) is 4.43. The van der Waals surface area contributed by atoms with Gasteiger partial charge in [-0.1, -0.05) is 15.9 Å². The molecule has 0 saturated carbocycles. The van der Waals surface area contributed by atoms with Gasteiger partial charge in [-0.25, -0.2) is 0 Å². The molecule has 0 aliphatic rings. The van der Waals surface area contributed by atoms with Crippen molar-refractivity contribution in [2.45, 2.75) is 6.61 Å². The maximum absolute atomic E-state index is 9.04. The molecular formula is C10H13BrO4. The summed E-state index contributed by atoms with van der Waals surface area (Å²) in [5, 5.41) is 17.7. The zero-order valence-corrected chi connectivity index (χ0v) is 9.95. The van der Waals surface area contributed by atoms with Crippen LogP contribution in [0.3, 0.4) is 0 Å². The van der Waals surface area contributed by atoms with Crippen molar-refractivity contribution < 1.29 is 19.7 Å². The molecule has 0 spiro atoms. The zero-order valence-electron chi connectivity index (χ0n) is 8.36. The third-order valence-electron chi connectivity index (χ3n) is 1.85. The molecule has 0 aromatic heterocycles. The van der Waals surface area contributed by atoms with Gasteiger partial charge in [0, 0.05) is 4.47 Å². The summed E-state index contributed by atoms with van der Waals surface area (Å²) in [6, 6.07) is 3.40. The highest BCUT2D eigenvalue weighted by atomic mass is 79.9. The van der Waals surface area contributed by atoms with E-state index in [1.54, 1.807) is 12.1 Å². The predicted molar refractivity (Wildman–Crippen MR) is 59.2 cm³/mol. The van der Waals surface area contributed by atoms with Crippen LogP contribution in [-0.4, -0.2) is 30.5 Å². The van der Waals surface area contributed by atoms with Crippen molar-refractivity contribution in [1.29, 1.82) is 0 Å². The summed E-state index contributed by atoms with van der Waals surface area (Å²) in [4.78, 5) is 0. The van der Waals surface area contributed by atoms with E-state index in [0.717, 1.165) is 10.0 Å². The van der Waals surface area contributed by atoms with Gasteiger partial charge in [-0.15, -0.1) is 0 Å². The van der Waals surface area contributed by atoms with Crippen molar-refractivity contribution in [3.05, 3.63) is 22.2 Å². The summed E-state index contributed by atoms with van der Waals surface area (Å²) in [5.41, 5.74) is 0.725. The number of hydrogen-bond donors (Lipinski definition) is 2. The number of aliphatic hydroxyl groups excluding tert-OH is 2. The van der Waals surface area contributed by atoms with Crippen LogP contribution < -0.4 is 9.47 Å². The van der Waals surface area contributed by atoms with Gasteiger partial charge < -0.3 is 19.7 Å². The molecule has 1 rings (SSSR count). The molecule has 0 amide bonds. The van der Waals surface area contributed by atoms with E-state index in [-0.39, 0.29) is 19.8 Å². The standard InChI is InChI=1S/C10H13BrO4/c1-14-9-4-7(6-13)8(11)5-10(9)15-3-2-12/h4-5,12-13H,2-3,6H2,1H3. The maximum Gasteiger partial charge on any atom is 0.162 e. The van der Waals surface area contributed by atoms with E-state index >= 15 is 0 Å². The van der Waals surface area contributed by atoms with Gasteiger partial charge in [-0.3, -0.25) is 0 Å². The summed E-state index contributed by atoms with van der Waals surface area (Å²) in [6.45, 7) is 0.0843. The molecule has 0 aliphatic carbocycles. The highest BCUT2D eigenvalue weighted by Crippen LogP contribution is 2.33. The predicted octanol–water partition coefficient (Wildman–Crippen LogP) is 1.32. The molecule has 2 N–H and O–H groups in total. The molecular weight excluding hydrogens is 264 g/mol. The quantitative estimate of drug-likeness (QED) is 0.852. The van der Waals surface area contributed by atoms with Crippen LogP contribution in [0.15, 0.2) is 16.6 Å². The van der Waals surface area contributed by atoms with E-state index in [0.29, 0.717) is 11.5 Å². The fraction of sp³-hybridized carbons (Fsp3) is 0.400. The summed E-state index contributed by atoms with van der Waals surface area (Å²) in [7, 11) is 1.52. The van der Waals surface area contributed by atoms with Crippen molar-refractivity contribution in [1.82, 2.24) is 0 Å². The van der Waals surface area contributed by atoms with Gasteiger partial charge in [0.2, 0.25) is 0 Å². The maximum atomic E-state index is 9.04. The first kappa shape index (κ1) is 12.3. The Morgan fingerprint density at radius 1 is 1.27 bits per heavy atom. The van der Waals surface area contributed by atoms with Crippen LogP contribution in [0.25, 0.3) is 0 Å². The molecule has 15 heavy (non-hydrogen) atoms. The number of benzene rings is 1. The number of aliphatic hydroxyl groups is 2. The molecule has 0 heterocycles. The number of rotatable bonds is 5. The Bertz CT molecular complexity index is 327. The van der Waals surface area contributed by atoms with Crippen molar-refractivity contribution in [3.8, 4) is 11.5 Å². The largest absolute Gasteiger partial charge is 0.493 e. The number of ether oxygens (including phenoxy) is 2. The van der Waals surface area contributed by atoms with Crippen LogP contribution in [-0.2, 0) is 6.61 Å². The fourth-order valence-electron chi connectivity index (χ4n) is 1.13. The summed E-state index contributed by atoms with van der Waals surface area (Å²) >= 11 is 3.30. The van der Waals surface area contributed by atoms with Crippen molar-refractivity contribution >= 4 is 15.9 Å². The van der Waals surface area contributed by atoms with Gasteiger partial charge in [-0.2, -0.15) is 0 Å². The second-order valence-corrected chi connectivity index (χ2v) is 3.68. The molecule has 84 valence electrons. The molecule has 1 aromatic rings. The Hall–Kier alpha value is -0.780. The number of halogens is 1. The average molecular weight is 277 g/mol. The fourth-order valence-corrected chi connectivity index (χ4v) is 1.57. The normalized spacial score (nSPS) is 10.1. The average Bonchev–Trinajstić information content (AvgIpc) is 2.26. The van der Waals surface area contributed by atoms with Crippen molar-refractivity contribution in [2.75, 3.05) is 20.3 Å². The lowest BCUT2D eigenvalue weighted by molar-refractivity contribution is 0.196. The third-order valence-corrected chi connectivity index (χ3v) is 2.59. The number of methoxy groups -OCH3 is 1. The minimum atomic E-state index is -0.0722. The molecule has 0 atom stereocenters.